The molecule has 0 aromatic heterocycles. The van der Waals surface area contributed by atoms with E-state index in [0.717, 1.165) is 18.9 Å². The third-order valence-electron chi connectivity index (χ3n) is 3.82. The highest BCUT2D eigenvalue weighted by Crippen LogP contribution is 2.29. The quantitative estimate of drug-likeness (QED) is 0.886. The summed E-state index contributed by atoms with van der Waals surface area (Å²) in [6, 6.07) is 6.09. The summed E-state index contributed by atoms with van der Waals surface area (Å²) in [5, 5.41) is 8.81. The molecule has 0 bridgehead atoms. The second-order valence-electron chi connectivity index (χ2n) is 5.19. The van der Waals surface area contributed by atoms with E-state index in [-0.39, 0.29) is 11.5 Å². The van der Waals surface area contributed by atoms with Crippen LogP contribution in [-0.2, 0) is 0 Å². The number of carbonyl (C=O) groups is 2. The van der Waals surface area contributed by atoms with Gasteiger partial charge in [-0.1, -0.05) is 19.3 Å². The highest BCUT2D eigenvalue weighted by molar-refractivity contribution is 5.95. The topological polar surface area (TPSA) is 57.6 Å². The minimum atomic E-state index is -0.975. The van der Waals surface area contributed by atoms with Crippen molar-refractivity contribution >= 4 is 11.9 Å². The van der Waals surface area contributed by atoms with Gasteiger partial charge in [0.15, 0.2) is 0 Å². The highest BCUT2D eigenvalue weighted by atomic mass is 16.4. The van der Waals surface area contributed by atoms with Crippen LogP contribution in [0.25, 0.3) is 0 Å². The zero-order valence-electron chi connectivity index (χ0n) is 11.1. The number of carboxylic acids is 1. The summed E-state index contributed by atoms with van der Waals surface area (Å²) in [6.07, 6.45) is 4.96. The smallest absolute Gasteiger partial charge is 0.335 e. The molecule has 0 heterocycles. The number of nitrogens with zero attached hydrogens (tertiary/aromatic N) is 1. The Balaban J connectivity index is 1.91. The van der Waals surface area contributed by atoms with E-state index in [1.54, 1.807) is 24.1 Å². The number of amides is 1. The minimum Gasteiger partial charge on any atom is -0.478 e. The van der Waals surface area contributed by atoms with Crippen LogP contribution in [0.1, 0.15) is 46.4 Å². The first-order valence-corrected chi connectivity index (χ1v) is 6.67. The fourth-order valence-electron chi connectivity index (χ4n) is 2.24. The van der Waals surface area contributed by atoms with Crippen LogP contribution < -0.4 is 0 Å². The maximum absolute atomic E-state index is 12.1. The van der Waals surface area contributed by atoms with E-state index in [1.807, 2.05) is 0 Å². The van der Waals surface area contributed by atoms with Crippen molar-refractivity contribution in [3.05, 3.63) is 35.4 Å². The van der Waals surface area contributed by atoms with Crippen LogP contribution in [0.3, 0.4) is 0 Å². The molecule has 0 unspecified atom stereocenters. The normalized spacial score (nSPS) is 14.8. The lowest BCUT2D eigenvalue weighted by Gasteiger charge is -2.27. The van der Waals surface area contributed by atoms with Crippen LogP contribution in [0.5, 0.6) is 0 Å². The van der Waals surface area contributed by atoms with Crippen LogP contribution in [0.4, 0.5) is 0 Å². The van der Waals surface area contributed by atoms with E-state index in [2.05, 4.69) is 0 Å². The summed E-state index contributed by atoms with van der Waals surface area (Å²) in [5.74, 6) is -0.238. The SMILES string of the molecule is CN(CCC1CCC1)C(=O)c1ccc(C(=O)O)cc1. The number of rotatable bonds is 5. The summed E-state index contributed by atoms with van der Waals surface area (Å²) >= 11 is 0. The van der Waals surface area contributed by atoms with Gasteiger partial charge < -0.3 is 10.0 Å². The van der Waals surface area contributed by atoms with Crippen LogP contribution >= 0.6 is 0 Å². The molecule has 1 amide bonds. The first-order chi connectivity index (χ1) is 9.08. The van der Waals surface area contributed by atoms with Crippen molar-refractivity contribution in [3.63, 3.8) is 0 Å². The summed E-state index contributed by atoms with van der Waals surface area (Å²) < 4.78 is 0. The molecule has 0 spiro atoms. The Morgan fingerprint density at radius 3 is 2.26 bits per heavy atom. The molecule has 0 aliphatic heterocycles. The van der Waals surface area contributed by atoms with Gasteiger partial charge in [-0.25, -0.2) is 4.79 Å². The van der Waals surface area contributed by atoms with Crippen molar-refractivity contribution in [2.75, 3.05) is 13.6 Å². The van der Waals surface area contributed by atoms with Gasteiger partial charge in [0.1, 0.15) is 0 Å². The average molecular weight is 261 g/mol. The molecule has 2 rings (SSSR count). The zero-order chi connectivity index (χ0) is 13.8. The monoisotopic (exact) mass is 261 g/mol. The predicted octanol–water partition coefficient (Wildman–Crippen LogP) is 2.65. The lowest BCUT2D eigenvalue weighted by atomic mass is 9.83. The van der Waals surface area contributed by atoms with Crippen LogP contribution in [0, 0.1) is 5.92 Å². The summed E-state index contributed by atoms with van der Waals surface area (Å²) in [4.78, 5) is 24.6. The van der Waals surface area contributed by atoms with Crippen LogP contribution in [-0.4, -0.2) is 35.5 Å². The van der Waals surface area contributed by atoms with Gasteiger partial charge in [-0.3, -0.25) is 4.79 Å². The van der Waals surface area contributed by atoms with Gasteiger partial charge in [0.25, 0.3) is 5.91 Å². The van der Waals surface area contributed by atoms with Gasteiger partial charge in [-0.05, 0) is 36.6 Å². The molecule has 1 saturated carbocycles. The second-order valence-corrected chi connectivity index (χ2v) is 5.19. The molecule has 0 radical (unpaired) electrons. The molecule has 102 valence electrons. The molecular weight excluding hydrogens is 242 g/mol. The number of aromatic carboxylic acids is 1. The predicted molar refractivity (Wildman–Crippen MR) is 72.3 cm³/mol. The number of carbonyl (C=O) groups excluding carboxylic acids is 1. The van der Waals surface area contributed by atoms with Gasteiger partial charge in [-0.2, -0.15) is 0 Å². The molecule has 0 atom stereocenters. The molecule has 1 aromatic rings. The van der Waals surface area contributed by atoms with Crippen molar-refractivity contribution in [3.8, 4) is 0 Å². The third-order valence-corrected chi connectivity index (χ3v) is 3.82. The van der Waals surface area contributed by atoms with E-state index in [1.165, 1.54) is 31.4 Å². The van der Waals surface area contributed by atoms with Crippen molar-refractivity contribution in [2.24, 2.45) is 5.92 Å². The molecule has 0 saturated heterocycles. The summed E-state index contributed by atoms with van der Waals surface area (Å²) in [5.41, 5.74) is 0.745. The summed E-state index contributed by atoms with van der Waals surface area (Å²) in [7, 11) is 1.80. The Morgan fingerprint density at radius 1 is 1.21 bits per heavy atom. The molecule has 19 heavy (non-hydrogen) atoms. The number of benzene rings is 1. The largest absolute Gasteiger partial charge is 0.478 e. The average Bonchev–Trinajstić information content (AvgIpc) is 2.36. The first kappa shape index (κ1) is 13.6. The number of carboxylic acid groups (broad SMARTS) is 1. The first-order valence-electron chi connectivity index (χ1n) is 6.67. The maximum Gasteiger partial charge on any atom is 0.335 e. The van der Waals surface area contributed by atoms with Crippen LogP contribution in [0.2, 0.25) is 0 Å². The Bertz CT molecular complexity index is 463. The molecule has 1 fully saturated rings. The fraction of sp³-hybridized carbons (Fsp3) is 0.467. The molecule has 1 aromatic carbocycles. The zero-order valence-corrected chi connectivity index (χ0v) is 11.1. The highest BCUT2D eigenvalue weighted by Gasteiger charge is 2.19. The van der Waals surface area contributed by atoms with Crippen molar-refractivity contribution in [1.29, 1.82) is 0 Å². The standard InChI is InChI=1S/C15H19NO3/c1-16(10-9-11-3-2-4-11)14(17)12-5-7-13(8-6-12)15(18)19/h5-8,11H,2-4,9-10H2,1H3,(H,18,19). The molecular formula is C15H19NO3. The van der Waals surface area contributed by atoms with Crippen molar-refractivity contribution in [1.82, 2.24) is 4.90 Å². The lowest BCUT2D eigenvalue weighted by Crippen LogP contribution is -2.30. The van der Waals surface area contributed by atoms with Gasteiger partial charge in [0.05, 0.1) is 5.56 Å². The number of hydrogen-bond acceptors (Lipinski definition) is 2. The number of hydrogen-bond donors (Lipinski definition) is 1. The van der Waals surface area contributed by atoms with Gasteiger partial charge in [-0.15, -0.1) is 0 Å². The molecule has 1 N–H and O–H groups in total. The molecule has 4 nitrogen and oxygen atoms in total. The summed E-state index contributed by atoms with van der Waals surface area (Å²) in [6.45, 7) is 0.768. The van der Waals surface area contributed by atoms with E-state index >= 15 is 0 Å². The minimum absolute atomic E-state index is 0.0451. The maximum atomic E-state index is 12.1. The Kier molecular flexibility index (Phi) is 4.20. The second kappa shape index (κ2) is 5.87. The van der Waals surface area contributed by atoms with Crippen molar-refractivity contribution < 1.29 is 14.7 Å². The van der Waals surface area contributed by atoms with E-state index in [4.69, 9.17) is 5.11 Å². The van der Waals surface area contributed by atoms with Gasteiger partial charge >= 0.3 is 5.97 Å². The van der Waals surface area contributed by atoms with E-state index in [0.29, 0.717) is 5.56 Å². The van der Waals surface area contributed by atoms with Crippen LogP contribution in [0.15, 0.2) is 24.3 Å². The Morgan fingerprint density at radius 2 is 1.79 bits per heavy atom. The van der Waals surface area contributed by atoms with E-state index in [9.17, 15) is 9.59 Å². The Labute approximate surface area is 113 Å². The van der Waals surface area contributed by atoms with Gasteiger partial charge in [0.2, 0.25) is 0 Å². The van der Waals surface area contributed by atoms with Gasteiger partial charge in [0, 0.05) is 19.2 Å². The molecule has 4 heteroatoms. The third kappa shape index (κ3) is 3.34. The molecule has 1 aliphatic rings. The fourth-order valence-corrected chi connectivity index (χ4v) is 2.24. The molecule has 1 aliphatic carbocycles. The lowest BCUT2D eigenvalue weighted by molar-refractivity contribution is 0.0694. The van der Waals surface area contributed by atoms with E-state index < -0.39 is 5.97 Å². The Hall–Kier alpha value is -1.84. The van der Waals surface area contributed by atoms with Crippen molar-refractivity contribution in [2.45, 2.75) is 25.7 Å².